The van der Waals surface area contributed by atoms with Gasteiger partial charge in [-0.25, -0.2) is 0 Å². The van der Waals surface area contributed by atoms with Crippen molar-refractivity contribution in [2.45, 2.75) is 32.2 Å². The van der Waals surface area contributed by atoms with Crippen molar-refractivity contribution in [3.8, 4) is 0 Å². The van der Waals surface area contributed by atoms with Crippen LogP contribution in [0.25, 0.3) is 0 Å². The third-order valence-electron chi connectivity index (χ3n) is 2.78. The molecule has 0 radical (unpaired) electrons. The Morgan fingerprint density at radius 3 is 2.80 bits per heavy atom. The van der Waals surface area contributed by atoms with Crippen LogP contribution >= 0.6 is 0 Å². The third kappa shape index (κ3) is 1.67. The molecule has 0 fully saturated rings. The minimum atomic E-state index is -0.516. The Morgan fingerprint density at radius 2 is 2.07 bits per heavy atom. The quantitative estimate of drug-likeness (QED) is 0.569. The van der Waals surface area contributed by atoms with Crippen molar-refractivity contribution in [2.24, 2.45) is 0 Å². The molecule has 0 unspecified atom stereocenters. The topological polar surface area (TPSA) is 54.9 Å². The van der Waals surface area contributed by atoms with Crippen LogP contribution in [0.3, 0.4) is 0 Å². The van der Waals surface area contributed by atoms with Crippen LogP contribution in [0.4, 0.5) is 0 Å². The van der Waals surface area contributed by atoms with Crippen LogP contribution in [0.2, 0.25) is 0 Å². The number of fused-ring (bicyclic) bond motifs is 1. The summed E-state index contributed by atoms with van der Waals surface area (Å²) >= 11 is 0. The van der Waals surface area contributed by atoms with Crippen molar-refractivity contribution in [2.75, 3.05) is 0 Å². The molecule has 0 amide bonds. The van der Waals surface area contributed by atoms with Gasteiger partial charge in [-0.2, -0.15) is 0 Å². The summed E-state index contributed by atoms with van der Waals surface area (Å²) in [6, 6.07) is 0. The lowest BCUT2D eigenvalue weighted by Gasteiger charge is -2.19. The first-order chi connectivity index (χ1) is 7.24. The molecule has 1 aromatic rings. The lowest BCUT2D eigenvalue weighted by molar-refractivity contribution is 0.582. The molecule has 4 heteroatoms. The maximum atomic E-state index is 11.6. The largest absolute Gasteiger partial charge is 0.320 e. The Morgan fingerprint density at radius 1 is 1.33 bits per heavy atom. The average molecular weight is 206 g/mol. The van der Waals surface area contributed by atoms with E-state index in [2.05, 4.69) is 11.6 Å². The first-order valence-electron chi connectivity index (χ1n) is 5.20. The molecule has 1 N–H and O–H groups in total. The van der Waals surface area contributed by atoms with E-state index in [1.807, 2.05) is 0 Å². The number of rotatable bonds is 2. The van der Waals surface area contributed by atoms with E-state index in [1.165, 1.54) is 0 Å². The molecule has 0 aliphatic heterocycles. The van der Waals surface area contributed by atoms with E-state index in [4.69, 9.17) is 0 Å². The molecular weight excluding hydrogens is 192 g/mol. The van der Waals surface area contributed by atoms with Gasteiger partial charge in [-0.3, -0.25) is 9.59 Å². The monoisotopic (exact) mass is 206 g/mol. The SMILES string of the molecule is C=CCn1c2c([nH]c(=O)c1=O)CCCC2. The van der Waals surface area contributed by atoms with Gasteiger partial charge < -0.3 is 9.55 Å². The number of H-pyrrole nitrogens is 1. The molecule has 0 bridgehead atoms. The molecule has 0 atom stereocenters. The molecule has 0 spiro atoms. The molecule has 0 saturated carbocycles. The van der Waals surface area contributed by atoms with Gasteiger partial charge in [-0.1, -0.05) is 6.08 Å². The first-order valence-corrected chi connectivity index (χ1v) is 5.20. The molecular formula is C11H14N2O2. The Balaban J connectivity index is 2.68. The fraction of sp³-hybridized carbons (Fsp3) is 0.455. The number of hydrogen-bond acceptors (Lipinski definition) is 2. The van der Waals surface area contributed by atoms with Gasteiger partial charge in [0.1, 0.15) is 0 Å². The van der Waals surface area contributed by atoms with Crippen molar-refractivity contribution in [3.63, 3.8) is 0 Å². The van der Waals surface area contributed by atoms with E-state index in [0.717, 1.165) is 37.1 Å². The zero-order valence-electron chi connectivity index (χ0n) is 8.58. The molecule has 2 rings (SSSR count). The van der Waals surface area contributed by atoms with Crippen molar-refractivity contribution in [1.82, 2.24) is 9.55 Å². The molecule has 15 heavy (non-hydrogen) atoms. The van der Waals surface area contributed by atoms with E-state index in [-0.39, 0.29) is 0 Å². The molecule has 1 aliphatic rings. The second-order valence-corrected chi connectivity index (χ2v) is 3.79. The molecule has 1 aliphatic carbocycles. The zero-order chi connectivity index (χ0) is 10.8. The second kappa shape index (κ2) is 3.88. The second-order valence-electron chi connectivity index (χ2n) is 3.79. The highest BCUT2D eigenvalue weighted by Crippen LogP contribution is 2.16. The number of aryl methyl sites for hydroxylation is 1. The van der Waals surface area contributed by atoms with Gasteiger partial charge in [0.05, 0.1) is 0 Å². The van der Waals surface area contributed by atoms with Crippen LogP contribution in [0.1, 0.15) is 24.2 Å². The van der Waals surface area contributed by atoms with E-state index in [1.54, 1.807) is 10.6 Å². The van der Waals surface area contributed by atoms with Crippen molar-refractivity contribution in [1.29, 1.82) is 0 Å². The molecule has 80 valence electrons. The first kappa shape index (κ1) is 9.96. The summed E-state index contributed by atoms with van der Waals surface area (Å²) in [5.74, 6) is 0. The highest BCUT2D eigenvalue weighted by molar-refractivity contribution is 5.16. The smallest absolute Gasteiger partial charge is 0.316 e. The van der Waals surface area contributed by atoms with Gasteiger partial charge in [0.25, 0.3) is 0 Å². The van der Waals surface area contributed by atoms with Gasteiger partial charge in [-0.05, 0) is 25.7 Å². The summed E-state index contributed by atoms with van der Waals surface area (Å²) in [5.41, 5.74) is 0.923. The lowest BCUT2D eigenvalue weighted by Crippen LogP contribution is -2.40. The fourth-order valence-corrected chi connectivity index (χ4v) is 2.08. The van der Waals surface area contributed by atoms with E-state index >= 15 is 0 Å². The number of nitrogens with one attached hydrogen (secondary N) is 1. The molecule has 1 aromatic heterocycles. The average Bonchev–Trinajstić information content (AvgIpc) is 2.25. The van der Waals surface area contributed by atoms with E-state index in [0.29, 0.717) is 6.54 Å². The Bertz CT molecular complexity index is 496. The number of nitrogens with zero attached hydrogens (tertiary/aromatic N) is 1. The van der Waals surface area contributed by atoms with Crippen molar-refractivity contribution >= 4 is 0 Å². The fourth-order valence-electron chi connectivity index (χ4n) is 2.08. The highest BCUT2D eigenvalue weighted by atomic mass is 16.2. The van der Waals surface area contributed by atoms with Crippen LogP contribution < -0.4 is 11.1 Å². The third-order valence-corrected chi connectivity index (χ3v) is 2.78. The van der Waals surface area contributed by atoms with Crippen molar-refractivity contribution in [3.05, 3.63) is 44.8 Å². The van der Waals surface area contributed by atoms with Gasteiger partial charge >= 0.3 is 11.1 Å². The number of allylic oxidation sites excluding steroid dienone is 1. The Labute approximate surface area is 87.3 Å². The molecule has 1 heterocycles. The van der Waals surface area contributed by atoms with Gasteiger partial charge in [0, 0.05) is 17.9 Å². The molecule has 0 aromatic carbocycles. The van der Waals surface area contributed by atoms with E-state index in [9.17, 15) is 9.59 Å². The van der Waals surface area contributed by atoms with Crippen LogP contribution in [0, 0.1) is 0 Å². The standard InChI is InChI=1S/C11H14N2O2/c1-2-7-13-9-6-4-3-5-8(9)12-10(14)11(13)15/h2H,1,3-7H2,(H,12,14). The number of hydrogen-bond donors (Lipinski definition) is 1. The van der Waals surface area contributed by atoms with Crippen LogP contribution in [-0.2, 0) is 19.4 Å². The lowest BCUT2D eigenvalue weighted by atomic mass is 10.00. The Kier molecular flexibility index (Phi) is 2.58. The van der Waals surface area contributed by atoms with Gasteiger partial charge in [0.2, 0.25) is 0 Å². The van der Waals surface area contributed by atoms with Crippen molar-refractivity contribution < 1.29 is 0 Å². The highest BCUT2D eigenvalue weighted by Gasteiger charge is 2.15. The summed E-state index contributed by atoms with van der Waals surface area (Å²) in [4.78, 5) is 25.6. The molecule has 4 nitrogen and oxygen atoms in total. The van der Waals surface area contributed by atoms with E-state index < -0.39 is 11.1 Å². The zero-order valence-corrected chi connectivity index (χ0v) is 8.58. The summed E-state index contributed by atoms with van der Waals surface area (Å²) in [5, 5.41) is 0. The normalized spacial score (nSPS) is 14.7. The maximum absolute atomic E-state index is 11.6. The number of aromatic nitrogens is 2. The van der Waals surface area contributed by atoms with Gasteiger partial charge in [-0.15, -0.1) is 6.58 Å². The minimum Gasteiger partial charge on any atom is -0.320 e. The predicted molar refractivity (Wildman–Crippen MR) is 58.2 cm³/mol. The maximum Gasteiger partial charge on any atom is 0.316 e. The summed E-state index contributed by atoms with van der Waals surface area (Å²) in [6.45, 7) is 4.03. The number of aromatic amines is 1. The van der Waals surface area contributed by atoms with Gasteiger partial charge in [0.15, 0.2) is 0 Å². The molecule has 0 saturated heterocycles. The summed E-state index contributed by atoms with van der Waals surface area (Å²) in [6.07, 6.45) is 5.54. The predicted octanol–water partition coefficient (Wildman–Crippen LogP) is 0.601. The summed E-state index contributed by atoms with van der Waals surface area (Å²) < 4.78 is 1.54. The van der Waals surface area contributed by atoms with Crippen LogP contribution in [0.5, 0.6) is 0 Å². The van der Waals surface area contributed by atoms with Crippen LogP contribution in [-0.4, -0.2) is 9.55 Å². The van der Waals surface area contributed by atoms with Crippen LogP contribution in [0.15, 0.2) is 22.2 Å². The summed E-state index contributed by atoms with van der Waals surface area (Å²) in [7, 11) is 0. The minimum absolute atomic E-state index is 0.422. The Hall–Kier alpha value is -1.58.